The van der Waals surface area contributed by atoms with E-state index in [-0.39, 0.29) is 28.0 Å². The van der Waals surface area contributed by atoms with Crippen LogP contribution in [0.2, 0.25) is 5.02 Å². The van der Waals surface area contributed by atoms with E-state index in [1.165, 1.54) is 42.3 Å². The van der Waals surface area contributed by atoms with Crippen molar-refractivity contribution in [2.45, 2.75) is 6.04 Å². The highest BCUT2D eigenvalue weighted by Gasteiger charge is 2.44. The zero-order chi connectivity index (χ0) is 23.3. The molecule has 33 heavy (non-hydrogen) atoms. The normalized spacial score (nSPS) is 15.0. The van der Waals surface area contributed by atoms with Crippen molar-refractivity contribution in [2.75, 3.05) is 12.0 Å². The molecule has 0 saturated heterocycles. The van der Waals surface area contributed by atoms with E-state index in [4.69, 9.17) is 20.8 Å². The number of hydrogen-bond acceptors (Lipinski definition) is 6. The average Bonchev–Trinajstić information content (AvgIpc) is 3.12. The summed E-state index contributed by atoms with van der Waals surface area (Å²) in [6.07, 6.45) is 0. The second-order valence-corrected chi connectivity index (χ2v) is 7.88. The van der Waals surface area contributed by atoms with Crippen LogP contribution in [0.25, 0.3) is 11.0 Å². The van der Waals surface area contributed by atoms with E-state index in [2.05, 4.69) is 0 Å². The molecule has 0 N–H and O–H groups in total. The number of methoxy groups -OCH3 is 1. The molecule has 0 radical (unpaired) electrons. The molecule has 0 spiro atoms. The van der Waals surface area contributed by atoms with Crippen molar-refractivity contribution in [3.05, 3.63) is 109 Å². The highest BCUT2D eigenvalue weighted by atomic mass is 35.5. The Bertz CT molecular complexity index is 1500. The first kappa shape index (κ1) is 20.7. The smallest absolute Gasteiger partial charge is 0.295 e. The third-order valence-corrected chi connectivity index (χ3v) is 5.81. The number of amides is 1. The van der Waals surface area contributed by atoms with Crippen LogP contribution >= 0.6 is 11.6 Å². The fourth-order valence-electron chi connectivity index (χ4n) is 4.08. The minimum absolute atomic E-state index is 0.103. The molecule has 0 saturated carbocycles. The highest BCUT2D eigenvalue weighted by molar-refractivity contribution is 6.31. The molecular formula is C24H15ClN2O6. The van der Waals surface area contributed by atoms with Crippen molar-refractivity contribution in [3.8, 4) is 5.75 Å². The molecule has 3 aromatic carbocycles. The highest BCUT2D eigenvalue weighted by Crippen LogP contribution is 2.42. The predicted octanol–water partition coefficient (Wildman–Crippen LogP) is 5.11. The van der Waals surface area contributed by atoms with E-state index in [1.807, 2.05) is 0 Å². The van der Waals surface area contributed by atoms with Gasteiger partial charge in [-0.05, 0) is 48.0 Å². The van der Waals surface area contributed by atoms with Gasteiger partial charge < -0.3 is 9.15 Å². The first-order valence-electron chi connectivity index (χ1n) is 9.87. The number of carbonyl (C=O) groups excluding carboxylic acids is 1. The lowest BCUT2D eigenvalue weighted by Gasteiger charge is -2.25. The maximum absolute atomic E-state index is 13.5. The topological polar surface area (TPSA) is 103 Å². The number of hydrogen-bond donors (Lipinski definition) is 0. The largest absolute Gasteiger partial charge is 0.497 e. The molecule has 1 aromatic heterocycles. The van der Waals surface area contributed by atoms with Crippen molar-refractivity contribution in [2.24, 2.45) is 0 Å². The van der Waals surface area contributed by atoms with Gasteiger partial charge in [0.05, 0.1) is 29.0 Å². The lowest BCUT2D eigenvalue weighted by molar-refractivity contribution is -0.384. The summed E-state index contributed by atoms with van der Waals surface area (Å²) in [5.74, 6) is -0.0489. The van der Waals surface area contributed by atoms with Gasteiger partial charge in [-0.1, -0.05) is 23.7 Å². The Labute approximate surface area is 191 Å². The van der Waals surface area contributed by atoms with Crippen LogP contribution in [0.15, 0.2) is 75.9 Å². The van der Waals surface area contributed by atoms with E-state index in [0.29, 0.717) is 22.0 Å². The summed E-state index contributed by atoms with van der Waals surface area (Å²) in [5.41, 5.74) is 0.633. The molecule has 1 amide bonds. The van der Waals surface area contributed by atoms with Crippen LogP contribution in [0.5, 0.6) is 5.75 Å². The van der Waals surface area contributed by atoms with Crippen LogP contribution in [-0.4, -0.2) is 17.9 Å². The van der Waals surface area contributed by atoms with Gasteiger partial charge in [-0.2, -0.15) is 0 Å². The van der Waals surface area contributed by atoms with Crippen molar-refractivity contribution in [1.29, 1.82) is 0 Å². The van der Waals surface area contributed by atoms with Crippen LogP contribution in [-0.2, 0) is 0 Å². The van der Waals surface area contributed by atoms with Gasteiger partial charge in [0.25, 0.3) is 11.6 Å². The molecule has 164 valence electrons. The van der Waals surface area contributed by atoms with Crippen molar-refractivity contribution in [3.63, 3.8) is 0 Å². The summed E-state index contributed by atoms with van der Waals surface area (Å²) in [5, 5.41) is 12.0. The summed E-state index contributed by atoms with van der Waals surface area (Å²) < 4.78 is 11.1. The zero-order valence-electron chi connectivity index (χ0n) is 17.2. The Hall–Kier alpha value is -4.17. The van der Waals surface area contributed by atoms with Gasteiger partial charge in [-0.25, -0.2) is 0 Å². The summed E-state index contributed by atoms with van der Waals surface area (Å²) >= 11 is 6.09. The van der Waals surface area contributed by atoms with Gasteiger partial charge in [-0.3, -0.25) is 24.6 Å². The Morgan fingerprint density at radius 1 is 1.06 bits per heavy atom. The van der Waals surface area contributed by atoms with E-state index >= 15 is 0 Å². The van der Waals surface area contributed by atoms with Gasteiger partial charge in [-0.15, -0.1) is 0 Å². The van der Waals surface area contributed by atoms with Gasteiger partial charge in [0.15, 0.2) is 5.43 Å². The fourth-order valence-corrected chi connectivity index (χ4v) is 4.25. The minimum Gasteiger partial charge on any atom is -0.497 e. The lowest BCUT2D eigenvalue weighted by Crippen LogP contribution is -2.29. The van der Waals surface area contributed by atoms with Gasteiger partial charge in [0, 0.05) is 22.8 Å². The molecule has 1 aliphatic heterocycles. The molecule has 9 heteroatoms. The maximum atomic E-state index is 13.5. The number of fused-ring (bicyclic) bond motifs is 2. The summed E-state index contributed by atoms with van der Waals surface area (Å²) in [7, 11) is 1.52. The molecule has 0 aliphatic carbocycles. The quantitative estimate of drug-likeness (QED) is 0.308. The number of anilines is 1. The predicted molar refractivity (Wildman–Crippen MR) is 122 cm³/mol. The molecule has 0 bridgehead atoms. The molecule has 1 unspecified atom stereocenters. The standard InChI is InChI=1S/C24H15ClN2O6/c1-32-17-8-6-15(7-9-17)26-21(13-3-2-4-16(11-13)27(30)31)20-22(28)18-12-14(25)5-10-19(18)33-23(20)24(26)29/h2-12,21H,1H3. The number of nitro benzene ring substituents is 1. The summed E-state index contributed by atoms with van der Waals surface area (Å²) in [6.45, 7) is 0. The number of rotatable bonds is 4. The van der Waals surface area contributed by atoms with E-state index in [1.54, 1.807) is 36.4 Å². The second-order valence-electron chi connectivity index (χ2n) is 7.44. The Kier molecular flexibility index (Phi) is 4.87. The van der Waals surface area contributed by atoms with Crippen LogP contribution in [0.4, 0.5) is 11.4 Å². The van der Waals surface area contributed by atoms with Crippen LogP contribution in [0.3, 0.4) is 0 Å². The van der Waals surface area contributed by atoms with Crippen molar-refractivity contribution < 1.29 is 18.9 Å². The number of nitro groups is 1. The monoisotopic (exact) mass is 462 g/mol. The van der Waals surface area contributed by atoms with E-state index in [9.17, 15) is 19.7 Å². The molecule has 0 fully saturated rings. The third-order valence-electron chi connectivity index (χ3n) is 5.58. The number of benzene rings is 3. The summed E-state index contributed by atoms with van der Waals surface area (Å²) in [4.78, 5) is 39.3. The number of ether oxygens (including phenoxy) is 1. The number of nitrogens with zero attached hydrogens (tertiary/aromatic N) is 2. The molecule has 1 atom stereocenters. The Morgan fingerprint density at radius 2 is 1.82 bits per heavy atom. The van der Waals surface area contributed by atoms with Crippen LogP contribution in [0.1, 0.15) is 27.7 Å². The van der Waals surface area contributed by atoms with E-state index in [0.717, 1.165) is 0 Å². The van der Waals surface area contributed by atoms with Crippen molar-refractivity contribution in [1.82, 2.24) is 0 Å². The fraction of sp³-hybridized carbons (Fsp3) is 0.0833. The Balaban J connectivity index is 1.80. The first-order chi connectivity index (χ1) is 15.9. The molecule has 4 aromatic rings. The maximum Gasteiger partial charge on any atom is 0.295 e. The van der Waals surface area contributed by atoms with Crippen molar-refractivity contribution >= 4 is 39.9 Å². The average molecular weight is 463 g/mol. The summed E-state index contributed by atoms with van der Waals surface area (Å²) in [6, 6.07) is 16.2. The van der Waals surface area contributed by atoms with Crippen LogP contribution in [0, 0.1) is 10.1 Å². The third kappa shape index (κ3) is 3.32. The number of carbonyl (C=O) groups is 1. The number of non-ortho nitro benzene ring substituents is 1. The first-order valence-corrected chi connectivity index (χ1v) is 10.2. The Morgan fingerprint density at radius 3 is 2.52 bits per heavy atom. The van der Waals surface area contributed by atoms with Crippen LogP contribution < -0.4 is 15.1 Å². The molecule has 8 nitrogen and oxygen atoms in total. The molecule has 2 heterocycles. The second kappa shape index (κ2) is 7.75. The molecular weight excluding hydrogens is 448 g/mol. The number of halogens is 1. The SMILES string of the molecule is COc1ccc(N2C(=O)c3oc4ccc(Cl)cc4c(=O)c3C2c2cccc([N+](=O)[O-])c2)cc1. The van der Waals surface area contributed by atoms with Gasteiger partial charge >= 0.3 is 0 Å². The lowest BCUT2D eigenvalue weighted by atomic mass is 9.98. The zero-order valence-corrected chi connectivity index (χ0v) is 17.9. The minimum atomic E-state index is -0.930. The molecule has 5 rings (SSSR count). The molecule has 1 aliphatic rings. The van der Waals surface area contributed by atoms with E-state index < -0.39 is 22.3 Å². The van der Waals surface area contributed by atoms with Gasteiger partial charge in [0.1, 0.15) is 11.3 Å². The van der Waals surface area contributed by atoms with Gasteiger partial charge in [0.2, 0.25) is 5.76 Å².